The van der Waals surface area contributed by atoms with Gasteiger partial charge in [0.1, 0.15) is 10.7 Å². The van der Waals surface area contributed by atoms with Crippen molar-refractivity contribution in [1.82, 2.24) is 9.97 Å². The summed E-state index contributed by atoms with van der Waals surface area (Å²) in [6.07, 6.45) is 0. The van der Waals surface area contributed by atoms with Gasteiger partial charge < -0.3 is 5.32 Å². The van der Waals surface area contributed by atoms with Crippen LogP contribution in [0, 0.1) is 5.95 Å². The molecule has 22 heavy (non-hydrogen) atoms. The minimum absolute atomic E-state index is 0.350. The molecule has 114 valence electrons. The minimum atomic E-state index is -0.543. The highest BCUT2D eigenvalue weighted by molar-refractivity contribution is 7.99. The lowest BCUT2D eigenvalue weighted by Gasteiger charge is -2.01. The van der Waals surface area contributed by atoms with Gasteiger partial charge in [0, 0.05) is 17.7 Å². The summed E-state index contributed by atoms with van der Waals surface area (Å²) in [6, 6.07) is 9.19. The van der Waals surface area contributed by atoms with Crippen molar-refractivity contribution in [1.29, 1.82) is 0 Å². The van der Waals surface area contributed by atoms with E-state index in [4.69, 9.17) is 0 Å². The first-order valence-electron chi connectivity index (χ1n) is 6.65. The van der Waals surface area contributed by atoms with E-state index >= 15 is 0 Å². The molecule has 0 unspecified atom stereocenters. The third kappa shape index (κ3) is 3.05. The molecule has 7 heteroatoms. The first-order valence-corrected chi connectivity index (χ1v) is 8.45. The fourth-order valence-corrected chi connectivity index (χ4v) is 3.73. The van der Waals surface area contributed by atoms with Crippen LogP contribution in [0.3, 0.4) is 0 Å². The Balaban J connectivity index is 1.96. The van der Waals surface area contributed by atoms with Crippen LogP contribution in [0.1, 0.15) is 0 Å². The lowest BCUT2D eigenvalue weighted by molar-refractivity contribution is 0.533. The van der Waals surface area contributed by atoms with E-state index in [0.29, 0.717) is 22.1 Å². The third-order valence-corrected chi connectivity index (χ3v) is 5.03. The van der Waals surface area contributed by atoms with Gasteiger partial charge in [-0.2, -0.15) is 4.39 Å². The van der Waals surface area contributed by atoms with Crippen molar-refractivity contribution in [2.24, 2.45) is 0 Å². The van der Waals surface area contributed by atoms with E-state index in [1.165, 1.54) is 23.1 Å². The molecule has 0 atom stereocenters. The maximum atomic E-state index is 13.8. The van der Waals surface area contributed by atoms with Crippen LogP contribution in [0.2, 0.25) is 0 Å². The number of hydrogen-bond donors (Lipinski definition) is 1. The van der Waals surface area contributed by atoms with Crippen LogP contribution in [0.25, 0.3) is 20.9 Å². The number of anilines is 1. The number of benzene rings is 1. The first-order chi connectivity index (χ1) is 10.7. The zero-order valence-electron chi connectivity index (χ0n) is 11.8. The molecule has 0 fully saturated rings. The van der Waals surface area contributed by atoms with E-state index in [-0.39, 0.29) is 6.67 Å². The second-order valence-electron chi connectivity index (χ2n) is 4.47. The fourth-order valence-electron chi connectivity index (χ4n) is 2.00. The van der Waals surface area contributed by atoms with Crippen LogP contribution >= 0.6 is 23.1 Å². The predicted molar refractivity (Wildman–Crippen MR) is 89.1 cm³/mol. The Hall–Kier alpha value is -1.73. The molecule has 3 nitrogen and oxygen atoms in total. The van der Waals surface area contributed by atoms with Crippen LogP contribution < -0.4 is 5.32 Å². The van der Waals surface area contributed by atoms with E-state index < -0.39 is 5.95 Å². The van der Waals surface area contributed by atoms with Gasteiger partial charge in [0.15, 0.2) is 0 Å². The maximum Gasteiger partial charge on any atom is 0.236 e. The molecule has 3 aromatic rings. The van der Waals surface area contributed by atoms with Crippen molar-refractivity contribution in [3.63, 3.8) is 0 Å². The molecule has 0 aliphatic heterocycles. The van der Waals surface area contributed by atoms with Crippen molar-refractivity contribution in [3.8, 4) is 10.7 Å². The lowest BCUT2D eigenvalue weighted by atomic mass is 10.3. The summed E-state index contributed by atoms with van der Waals surface area (Å²) >= 11 is 2.92. The Kier molecular flexibility index (Phi) is 4.54. The van der Waals surface area contributed by atoms with Crippen LogP contribution in [0.4, 0.5) is 14.5 Å². The molecule has 0 radical (unpaired) electrons. The summed E-state index contributed by atoms with van der Waals surface area (Å²) in [5.74, 6) is -0.103. The highest BCUT2D eigenvalue weighted by atomic mass is 32.2. The van der Waals surface area contributed by atoms with Gasteiger partial charge in [0.25, 0.3) is 0 Å². The molecule has 0 amide bonds. The minimum Gasteiger partial charge on any atom is -0.384 e. The van der Waals surface area contributed by atoms with Crippen molar-refractivity contribution in [2.45, 2.75) is 4.90 Å². The number of nitrogens with one attached hydrogen (secondary N) is 1. The number of nitrogens with zero attached hydrogens (tertiary/aromatic N) is 2. The Morgan fingerprint density at radius 3 is 2.82 bits per heavy atom. The summed E-state index contributed by atoms with van der Waals surface area (Å²) in [4.78, 5) is 9.44. The van der Waals surface area contributed by atoms with Gasteiger partial charge in [-0.05, 0) is 30.3 Å². The fraction of sp³-hybridized carbons (Fsp3) is 0.200. The summed E-state index contributed by atoms with van der Waals surface area (Å²) < 4.78 is 27.0. The highest BCUT2D eigenvalue weighted by Crippen LogP contribution is 2.32. The molecule has 1 aromatic carbocycles. The van der Waals surface area contributed by atoms with Gasteiger partial charge >= 0.3 is 0 Å². The Bertz CT molecular complexity index is 805. The number of rotatable bonds is 5. The van der Waals surface area contributed by atoms with E-state index in [9.17, 15) is 8.78 Å². The molecular formula is C15H13F2N3S2. The van der Waals surface area contributed by atoms with E-state index in [1.54, 1.807) is 19.2 Å². The topological polar surface area (TPSA) is 37.8 Å². The summed E-state index contributed by atoms with van der Waals surface area (Å²) in [6.45, 7) is -0.350. The lowest BCUT2D eigenvalue weighted by Crippen LogP contribution is -1.96. The second-order valence-corrected chi connectivity index (χ2v) is 6.67. The molecular weight excluding hydrogens is 323 g/mol. The number of hydrogen-bond acceptors (Lipinski definition) is 5. The molecule has 1 N–H and O–H groups in total. The Morgan fingerprint density at radius 2 is 2.09 bits per heavy atom. The highest BCUT2D eigenvalue weighted by Gasteiger charge is 2.11. The number of thioether (sulfide) groups is 1. The van der Waals surface area contributed by atoms with Gasteiger partial charge in [-0.15, -0.1) is 23.1 Å². The molecule has 0 aliphatic carbocycles. The van der Waals surface area contributed by atoms with Crippen LogP contribution in [-0.4, -0.2) is 29.4 Å². The van der Waals surface area contributed by atoms with E-state index in [0.717, 1.165) is 15.1 Å². The number of fused-ring (bicyclic) bond motifs is 1. The number of aromatic nitrogens is 2. The van der Waals surface area contributed by atoms with Crippen molar-refractivity contribution in [2.75, 3.05) is 24.8 Å². The number of thiazole rings is 1. The van der Waals surface area contributed by atoms with Gasteiger partial charge in [-0.3, -0.25) is 4.39 Å². The zero-order valence-corrected chi connectivity index (χ0v) is 13.4. The smallest absolute Gasteiger partial charge is 0.236 e. The first kappa shape index (κ1) is 15.2. The van der Waals surface area contributed by atoms with Crippen molar-refractivity contribution in [3.05, 3.63) is 36.3 Å². The number of pyridine rings is 1. The molecule has 2 heterocycles. The summed E-state index contributed by atoms with van der Waals surface area (Å²) in [5.41, 5.74) is 1.70. The SMILES string of the molecule is CNc1ccc(-c2nc3ccc(SCCF)cc3s2)nc1[18F]. The van der Waals surface area contributed by atoms with Gasteiger partial charge in [0.2, 0.25) is 5.95 Å². The van der Waals surface area contributed by atoms with Crippen LogP contribution in [0.15, 0.2) is 35.2 Å². The normalized spacial score (nSPS) is 11.0. The Morgan fingerprint density at radius 1 is 1.23 bits per heavy atom. The largest absolute Gasteiger partial charge is 0.384 e. The van der Waals surface area contributed by atoms with E-state index in [2.05, 4.69) is 15.3 Å². The predicted octanol–water partition coefficient (Wildman–Crippen LogP) is 4.60. The van der Waals surface area contributed by atoms with Crippen LogP contribution in [0.5, 0.6) is 0 Å². The standard InChI is InChI=1S/C15H13F2N3S2/c1-18-11-4-5-12(19-14(11)17)15-20-10-3-2-9(21-7-6-16)8-13(10)22-15/h2-5,8,18H,6-7H2,1H3/i17-1. The van der Waals surface area contributed by atoms with Crippen molar-refractivity contribution < 1.29 is 8.78 Å². The van der Waals surface area contributed by atoms with E-state index in [1.807, 2.05) is 18.2 Å². The average Bonchev–Trinajstić information content (AvgIpc) is 2.96. The van der Waals surface area contributed by atoms with Gasteiger partial charge in [-0.25, -0.2) is 9.97 Å². The molecule has 2 aromatic heterocycles. The number of halogens is 2. The maximum absolute atomic E-state index is 13.8. The van der Waals surface area contributed by atoms with Gasteiger partial charge in [0.05, 0.1) is 22.6 Å². The quantitative estimate of drug-likeness (QED) is 0.546. The molecule has 0 bridgehead atoms. The molecule has 0 spiro atoms. The number of alkyl halides is 1. The second kappa shape index (κ2) is 6.58. The third-order valence-electron chi connectivity index (χ3n) is 3.04. The molecule has 0 saturated heterocycles. The Labute approximate surface area is 134 Å². The molecule has 3 rings (SSSR count). The monoisotopic (exact) mass is 336 g/mol. The molecule has 0 saturated carbocycles. The molecule has 0 aliphatic rings. The zero-order chi connectivity index (χ0) is 15.5. The summed E-state index contributed by atoms with van der Waals surface area (Å²) in [5, 5.41) is 3.41. The average molecular weight is 336 g/mol. The van der Waals surface area contributed by atoms with Gasteiger partial charge in [-0.1, -0.05) is 0 Å². The summed E-state index contributed by atoms with van der Waals surface area (Å²) in [7, 11) is 1.65. The van der Waals surface area contributed by atoms with Crippen LogP contribution in [-0.2, 0) is 0 Å². The van der Waals surface area contributed by atoms with Crippen molar-refractivity contribution >= 4 is 39.0 Å².